The highest BCUT2D eigenvalue weighted by Gasteiger charge is 2.09. The van der Waals surface area contributed by atoms with Crippen LogP contribution in [0.25, 0.3) is 24.2 Å². The van der Waals surface area contributed by atoms with Crippen molar-refractivity contribution in [3.63, 3.8) is 0 Å². The zero-order valence-corrected chi connectivity index (χ0v) is 14.8. The van der Waals surface area contributed by atoms with E-state index in [-0.39, 0.29) is 0 Å². The molecular formula is C21H19N3O2. The molecule has 0 spiro atoms. The third-order valence-electron chi connectivity index (χ3n) is 3.73. The van der Waals surface area contributed by atoms with Gasteiger partial charge in [0.05, 0.1) is 12.5 Å². The minimum Gasteiger partial charge on any atom is -0.497 e. The average Bonchev–Trinajstić information content (AvgIpc) is 2.66. The van der Waals surface area contributed by atoms with Gasteiger partial charge in [-0.1, -0.05) is 25.3 Å². The molecule has 26 heavy (non-hydrogen) atoms. The third-order valence-corrected chi connectivity index (χ3v) is 3.73. The molecule has 0 aliphatic carbocycles. The largest absolute Gasteiger partial charge is 0.497 e. The fourth-order valence-corrected chi connectivity index (χ4v) is 2.29. The SMILES string of the molecule is C=C/C=c1/nc(-c2ccc(C)c(Oc3ccc(OC)cc3)n2)ncc1=C. The van der Waals surface area contributed by atoms with E-state index < -0.39 is 0 Å². The molecule has 3 rings (SSSR count). The van der Waals surface area contributed by atoms with E-state index >= 15 is 0 Å². The Kier molecular flexibility index (Phi) is 5.08. The highest BCUT2D eigenvalue weighted by Crippen LogP contribution is 2.26. The maximum atomic E-state index is 5.91. The van der Waals surface area contributed by atoms with Crippen LogP contribution in [0.3, 0.4) is 0 Å². The van der Waals surface area contributed by atoms with Crippen LogP contribution in [0.2, 0.25) is 0 Å². The zero-order valence-electron chi connectivity index (χ0n) is 14.8. The van der Waals surface area contributed by atoms with Gasteiger partial charge in [-0.2, -0.15) is 0 Å². The van der Waals surface area contributed by atoms with E-state index in [1.165, 1.54) is 0 Å². The van der Waals surface area contributed by atoms with Gasteiger partial charge in [-0.15, -0.1) is 0 Å². The lowest BCUT2D eigenvalue weighted by Gasteiger charge is -2.09. The highest BCUT2D eigenvalue weighted by atomic mass is 16.5. The summed E-state index contributed by atoms with van der Waals surface area (Å²) in [6, 6.07) is 11.1. The first kappa shape index (κ1) is 17.4. The topological polar surface area (TPSA) is 57.1 Å². The Labute approximate surface area is 152 Å². The normalized spacial score (nSPS) is 11.2. The molecular weight excluding hydrogens is 326 g/mol. The van der Waals surface area contributed by atoms with Crippen LogP contribution in [0.15, 0.2) is 55.3 Å². The van der Waals surface area contributed by atoms with E-state index in [0.29, 0.717) is 28.5 Å². The van der Waals surface area contributed by atoms with Crippen molar-refractivity contribution < 1.29 is 9.47 Å². The molecule has 130 valence electrons. The molecule has 0 aliphatic heterocycles. The molecule has 0 aliphatic rings. The van der Waals surface area contributed by atoms with Gasteiger partial charge >= 0.3 is 0 Å². The van der Waals surface area contributed by atoms with Crippen molar-refractivity contribution >= 4 is 12.7 Å². The molecule has 2 aromatic heterocycles. The number of aryl methyl sites for hydroxylation is 1. The Balaban J connectivity index is 1.97. The Morgan fingerprint density at radius 1 is 1.00 bits per heavy atom. The minimum atomic E-state index is 0.504. The fourth-order valence-electron chi connectivity index (χ4n) is 2.29. The number of nitrogens with zero attached hydrogens (tertiary/aromatic N) is 3. The molecule has 5 nitrogen and oxygen atoms in total. The predicted molar refractivity (Wildman–Crippen MR) is 103 cm³/mol. The van der Waals surface area contributed by atoms with E-state index in [2.05, 4.69) is 28.1 Å². The molecule has 1 aromatic carbocycles. The summed E-state index contributed by atoms with van der Waals surface area (Å²) in [5.74, 6) is 2.45. The van der Waals surface area contributed by atoms with E-state index in [1.807, 2.05) is 43.3 Å². The number of benzene rings is 1. The quantitative estimate of drug-likeness (QED) is 0.711. The highest BCUT2D eigenvalue weighted by molar-refractivity contribution is 5.52. The maximum Gasteiger partial charge on any atom is 0.222 e. The molecule has 0 radical (unpaired) electrons. The fraction of sp³-hybridized carbons (Fsp3) is 0.0952. The molecule has 3 aromatic rings. The first-order valence-electron chi connectivity index (χ1n) is 8.05. The number of ether oxygens (including phenoxy) is 2. The second-order valence-electron chi connectivity index (χ2n) is 5.60. The molecule has 0 fully saturated rings. The molecule has 5 heteroatoms. The van der Waals surface area contributed by atoms with Crippen LogP contribution in [0.5, 0.6) is 17.4 Å². The Bertz CT molecular complexity index is 1040. The number of allylic oxidation sites excluding steroid dienone is 1. The van der Waals surface area contributed by atoms with Crippen LogP contribution < -0.4 is 20.0 Å². The summed E-state index contributed by atoms with van der Waals surface area (Å²) in [5.41, 5.74) is 1.54. The average molecular weight is 345 g/mol. The minimum absolute atomic E-state index is 0.504. The van der Waals surface area contributed by atoms with Gasteiger partial charge in [-0.25, -0.2) is 15.0 Å². The lowest BCUT2D eigenvalue weighted by molar-refractivity contribution is 0.412. The Morgan fingerprint density at radius 2 is 1.73 bits per heavy atom. The summed E-state index contributed by atoms with van der Waals surface area (Å²) in [6.45, 7) is 9.55. The summed E-state index contributed by atoms with van der Waals surface area (Å²) in [7, 11) is 1.63. The number of hydrogen-bond donors (Lipinski definition) is 0. The second kappa shape index (κ2) is 7.61. The van der Waals surface area contributed by atoms with Gasteiger partial charge in [0.2, 0.25) is 5.88 Å². The summed E-state index contributed by atoms with van der Waals surface area (Å²) in [6.07, 6.45) is 5.13. The van der Waals surface area contributed by atoms with Crippen LogP contribution in [0, 0.1) is 6.92 Å². The van der Waals surface area contributed by atoms with Gasteiger partial charge in [0.25, 0.3) is 0 Å². The molecule has 0 atom stereocenters. The lowest BCUT2D eigenvalue weighted by atomic mass is 10.2. The van der Waals surface area contributed by atoms with Gasteiger partial charge in [-0.05, 0) is 43.3 Å². The molecule has 0 N–H and O–H groups in total. The van der Waals surface area contributed by atoms with E-state index in [1.54, 1.807) is 25.5 Å². The van der Waals surface area contributed by atoms with Crippen LogP contribution in [0.4, 0.5) is 0 Å². The molecule has 0 unspecified atom stereocenters. The molecule has 0 bridgehead atoms. The Hall–Kier alpha value is -3.47. The first-order valence-corrected chi connectivity index (χ1v) is 8.05. The van der Waals surface area contributed by atoms with Crippen molar-refractivity contribution in [1.82, 2.24) is 15.0 Å². The van der Waals surface area contributed by atoms with Crippen molar-refractivity contribution in [3.8, 4) is 28.9 Å². The monoisotopic (exact) mass is 345 g/mol. The third kappa shape index (κ3) is 3.78. The molecule has 0 saturated heterocycles. The van der Waals surface area contributed by atoms with Gasteiger partial charge < -0.3 is 9.47 Å². The Morgan fingerprint density at radius 3 is 2.42 bits per heavy atom. The van der Waals surface area contributed by atoms with Gasteiger partial charge in [0.1, 0.15) is 17.2 Å². The number of hydrogen-bond acceptors (Lipinski definition) is 5. The molecule has 0 amide bonds. The van der Waals surface area contributed by atoms with Crippen LogP contribution in [0.1, 0.15) is 5.56 Å². The van der Waals surface area contributed by atoms with Gasteiger partial charge in [0.15, 0.2) is 5.82 Å². The van der Waals surface area contributed by atoms with Gasteiger partial charge in [-0.3, -0.25) is 0 Å². The number of pyridine rings is 1. The molecule has 2 heterocycles. The smallest absolute Gasteiger partial charge is 0.222 e. The number of aromatic nitrogens is 3. The maximum absolute atomic E-state index is 5.91. The van der Waals surface area contributed by atoms with Crippen LogP contribution in [-0.4, -0.2) is 22.1 Å². The van der Waals surface area contributed by atoms with Crippen molar-refractivity contribution in [3.05, 3.63) is 71.4 Å². The van der Waals surface area contributed by atoms with Crippen molar-refractivity contribution in [1.29, 1.82) is 0 Å². The van der Waals surface area contributed by atoms with Crippen LogP contribution in [-0.2, 0) is 0 Å². The lowest BCUT2D eigenvalue weighted by Crippen LogP contribution is -2.28. The summed E-state index contributed by atoms with van der Waals surface area (Å²) in [5, 5.41) is 1.44. The zero-order chi connectivity index (χ0) is 18.5. The standard InChI is InChI=1S/C21H19N3O2/c1-5-6-18-15(3)13-22-20(23-18)19-12-7-14(2)21(24-19)26-17-10-8-16(25-4)9-11-17/h5-13H,1,3H2,2,4H3/b18-6+. The second-order valence-corrected chi connectivity index (χ2v) is 5.60. The van der Waals surface area contributed by atoms with Crippen molar-refractivity contribution in [2.45, 2.75) is 6.92 Å². The summed E-state index contributed by atoms with van der Waals surface area (Å²) >= 11 is 0. The number of rotatable bonds is 5. The van der Waals surface area contributed by atoms with E-state index in [0.717, 1.165) is 16.5 Å². The summed E-state index contributed by atoms with van der Waals surface area (Å²) < 4.78 is 11.1. The van der Waals surface area contributed by atoms with E-state index in [4.69, 9.17) is 9.47 Å². The first-order chi connectivity index (χ1) is 12.6. The number of methoxy groups -OCH3 is 1. The predicted octanol–water partition coefficient (Wildman–Crippen LogP) is 3.02. The van der Waals surface area contributed by atoms with Crippen LogP contribution >= 0.6 is 0 Å². The molecule has 0 saturated carbocycles. The van der Waals surface area contributed by atoms with Crippen molar-refractivity contribution in [2.75, 3.05) is 7.11 Å². The van der Waals surface area contributed by atoms with E-state index in [9.17, 15) is 0 Å². The van der Waals surface area contributed by atoms with Crippen molar-refractivity contribution in [2.24, 2.45) is 0 Å². The van der Waals surface area contributed by atoms with Gasteiger partial charge in [0, 0.05) is 17.0 Å². The summed E-state index contributed by atoms with van der Waals surface area (Å²) in [4.78, 5) is 13.4.